The largest absolute Gasteiger partial charge is 0.374 e. The topological polar surface area (TPSA) is 70.2 Å². The molecule has 16 heavy (non-hydrogen) atoms. The summed E-state index contributed by atoms with van der Waals surface area (Å²) in [5.74, 6) is -0.0875. The third-order valence-corrected chi connectivity index (χ3v) is 2.50. The van der Waals surface area contributed by atoms with Gasteiger partial charge in [0.1, 0.15) is 6.54 Å². The summed E-state index contributed by atoms with van der Waals surface area (Å²) in [7, 11) is 0. The molecule has 2 heterocycles. The standard InChI is InChI=1S/C8H10ClN3O3.H2S/c9-7-4-8(12(13)14)11(10-7)5-6-2-1-3-15-6;/h4,6H,1-3,5H2;1H2/t6-;/m0./s1. The van der Waals surface area contributed by atoms with Crippen LogP contribution in [0.3, 0.4) is 0 Å². The number of halogens is 1. The average Bonchev–Trinajstić information content (AvgIpc) is 2.75. The minimum Gasteiger partial charge on any atom is -0.374 e. The van der Waals surface area contributed by atoms with Crippen molar-refractivity contribution in [2.45, 2.75) is 25.5 Å². The second kappa shape index (κ2) is 5.51. The predicted molar refractivity (Wildman–Crippen MR) is 63.2 cm³/mol. The van der Waals surface area contributed by atoms with Gasteiger partial charge >= 0.3 is 5.82 Å². The monoisotopic (exact) mass is 265 g/mol. The Morgan fingerprint density at radius 1 is 1.75 bits per heavy atom. The van der Waals surface area contributed by atoms with Crippen LogP contribution in [0.25, 0.3) is 0 Å². The fourth-order valence-electron chi connectivity index (χ4n) is 1.64. The van der Waals surface area contributed by atoms with Crippen LogP contribution in [0.15, 0.2) is 6.07 Å². The third kappa shape index (κ3) is 2.87. The van der Waals surface area contributed by atoms with Crippen LogP contribution < -0.4 is 0 Å². The van der Waals surface area contributed by atoms with E-state index < -0.39 is 4.92 Å². The van der Waals surface area contributed by atoms with Gasteiger partial charge in [0.25, 0.3) is 0 Å². The van der Waals surface area contributed by atoms with E-state index in [0.717, 1.165) is 12.8 Å². The summed E-state index contributed by atoms with van der Waals surface area (Å²) in [6.07, 6.45) is 1.92. The molecule has 2 rings (SSSR count). The molecule has 0 aromatic carbocycles. The first-order chi connectivity index (χ1) is 7.16. The fraction of sp³-hybridized carbons (Fsp3) is 0.625. The molecule has 0 unspecified atom stereocenters. The number of nitrogens with zero attached hydrogens (tertiary/aromatic N) is 3. The van der Waals surface area contributed by atoms with Crippen LogP contribution in [0.4, 0.5) is 5.82 Å². The Morgan fingerprint density at radius 3 is 3.06 bits per heavy atom. The first-order valence-corrected chi connectivity index (χ1v) is 5.04. The van der Waals surface area contributed by atoms with Crippen molar-refractivity contribution in [3.63, 3.8) is 0 Å². The van der Waals surface area contributed by atoms with Gasteiger partial charge in [-0.15, -0.1) is 4.68 Å². The highest BCUT2D eigenvalue weighted by atomic mass is 35.5. The molecule has 1 atom stereocenters. The molecule has 0 N–H and O–H groups in total. The summed E-state index contributed by atoms with van der Waals surface area (Å²) >= 11 is 5.62. The van der Waals surface area contributed by atoms with Gasteiger partial charge in [0, 0.05) is 6.61 Å². The molecule has 0 radical (unpaired) electrons. The van der Waals surface area contributed by atoms with Gasteiger partial charge < -0.3 is 14.9 Å². The van der Waals surface area contributed by atoms with E-state index in [1.165, 1.54) is 10.7 Å². The molecule has 6 nitrogen and oxygen atoms in total. The van der Waals surface area contributed by atoms with Gasteiger partial charge in [0.05, 0.1) is 12.2 Å². The Labute approximate surface area is 104 Å². The number of hydrogen-bond donors (Lipinski definition) is 0. The van der Waals surface area contributed by atoms with Crippen molar-refractivity contribution in [3.8, 4) is 0 Å². The van der Waals surface area contributed by atoms with Gasteiger partial charge in [0.15, 0.2) is 5.15 Å². The lowest BCUT2D eigenvalue weighted by Crippen LogP contribution is -2.17. The van der Waals surface area contributed by atoms with Gasteiger partial charge in [-0.2, -0.15) is 13.5 Å². The van der Waals surface area contributed by atoms with E-state index in [4.69, 9.17) is 16.3 Å². The molecule has 1 aromatic rings. The van der Waals surface area contributed by atoms with E-state index >= 15 is 0 Å². The maximum Gasteiger partial charge on any atom is 0.346 e. The minimum atomic E-state index is -0.492. The SMILES string of the molecule is O=[N+]([O-])c1cc(Cl)nn1C[C@@H]1CCCO1.S. The molecule has 0 spiro atoms. The molecule has 1 aromatic heterocycles. The van der Waals surface area contributed by atoms with Crippen molar-refractivity contribution in [2.24, 2.45) is 0 Å². The zero-order valence-corrected chi connectivity index (χ0v) is 10.2. The Balaban J connectivity index is 0.00000128. The van der Waals surface area contributed by atoms with E-state index in [2.05, 4.69) is 5.10 Å². The molecule has 8 heteroatoms. The zero-order valence-electron chi connectivity index (χ0n) is 8.43. The van der Waals surface area contributed by atoms with Crippen molar-refractivity contribution in [2.75, 3.05) is 6.61 Å². The van der Waals surface area contributed by atoms with Crippen molar-refractivity contribution >= 4 is 30.9 Å². The molecular formula is C8H12ClN3O3S. The van der Waals surface area contributed by atoms with Gasteiger partial charge in [-0.3, -0.25) is 0 Å². The van der Waals surface area contributed by atoms with Crippen molar-refractivity contribution in [3.05, 3.63) is 21.3 Å². The second-order valence-corrected chi connectivity index (χ2v) is 3.79. The summed E-state index contributed by atoms with van der Waals surface area (Å²) < 4.78 is 6.66. The molecule has 1 aliphatic heterocycles. The lowest BCUT2D eigenvalue weighted by atomic mass is 10.2. The molecule has 0 bridgehead atoms. The lowest BCUT2D eigenvalue weighted by molar-refractivity contribution is -0.392. The zero-order chi connectivity index (χ0) is 10.8. The molecule has 0 aliphatic carbocycles. The quantitative estimate of drug-likeness (QED) is 0.616. The number of aromatic nitrogens is 2. The smallest absolute Gasteiger partial charge is 0.346 e. The van der Waals surface area contributed by atoms with Gasteiger partial charge in [-0.05, 0) is 17.8 Å². The van der Waals surface area contributed by atoms with Crippen LogP contribution in [0.1, 0.15) is 12.8 Å². The number of ether oxygens (including phenoxy) is 1. The molecular weight excluding hydrogens is 254 g/mol. The van der Waals surface area contributed by atoms with Gasteiger partial charge in [-0.25, -0.2) is 0 Å². The summed E-state index contributed by atoms with van der Waals surface area (Å²) in [4.78, 5) is 10.2. The predicted octanol–water partition coefficient (Wildman–Crippen LogP) is 1.74. The molecule has 1 saturated heterocycles. The number of hydrogen-bond acceptors (Lipinski definition) is 4. The Bertz CT molecular complexity index is 379. The summed E-state index contributed by atoms with van der Waals surface area (Å²) in [5.41, 5.74) is 0. The van der Waals surface area contributed by atoms with Gasteiger partial charge in [0.2, 0.25) is 0 Å². The highest BCUT2D eigenvalue weighted by molar-refractivity contribution is 7.59. The van der Waals surface area contributed by atoms with Crippen LogP contribution in [0.2, 0.25) is 5.15 Å². The van der Waals surface area contributed by atoms with Crippen LogP contribution in [-0.4, -0.2) is 27.4 Å². The van der Waals surface area contributed by atoms with Gasteiger partial charge in [-0.1, -0.05) is 16.7 Å². The first kappa shape index (κ1) is 13.3. The Kier molecular flexibility index (Phi) is 4.57. The highest BCUT2D eigenvalue weighted by Crippen LogP contribution is 2.20. The number of rotatable bonds is 3. The Hall–Kier alpha value is -0.790. The summed E-state index contributed by atoms with van der Waals surface area (Å²) in [6, 6.07) is 1.25. The van der Waals surface area contributed by atoms with Crippen LogP contribution >= 0.6 is 25.1 Å². The summed E-state index contributed by atoms with van der Waals surface area (Å²) in [6.45, 7) is 1.11. The van der Waals surface area contributed by atoms with Crippen molar-refractivity contribution < 1.29 is 9.66 Å². The van der Waals surface area contributed by atoms with Crippen LogP contribution in [0.5, 0.6) is 0 Å². The third-order valence-electron chi connectivity index (χ3n) is 2.32. The molecule has 90 valence electrons. The van der Waals surface area contributed by atoms with E-state index in [-0.39, 0.29) is 30.6 Å². The second-order valence-electron chi connectivity index (χ2n) is 3.40. The van der Waals surface area contributed by atoms with Crippen LogP contribution in [-0.2, 0) is 11.3 Å². The van der Waals surface area contributed by atoms with Crippen molar-refractivity contribution in [1.29, 1.82) is 0 Å². The first-order valence-electron chi connectivity index (χ1n) is 4.66. The lowest BCUT2D eigenvalue weighted by Gasteiger charge is -2.05. The fourth-order valence-corrected chi connectivity index (χ4v) is 1.83. The van der Waals surface area contributed by atoms with E-state index in [1.54, 1.807) is 0 Å². The van der Waals surface area contributed by atoms with Crippen molar-refractivity contribution in [1.82, 2.24) is 9.78 Å². The maximum absolute atomic E-state index is 10.7. The molecule has 1 aliphatic rings. The molecule has 0 saturated carbocycles. The van der Waals surface area contributed by atoms with E-state index in [0.29, 0.717) is 13.2 Å². The summed E-state index contributed by atoms with van der Waals surface area (Å²) in [5, 5.41) is 14.6. The normalized spacial score (nSPS) is 19.4. The minimum absolute atomic E-state index is 0. The van der Waals surface area contributed by atoms with E-state index in [9.17, 15) is 10.1 Å². The number of nitro groups is 1. The molecule has 0 amide bonds. The maximum atomic E-state index is 10.7. The van der Waals surface area contributed by atoms with E-state index in [1.807, 2.05) is 0 Å². The average molecular weight is 266 g/mol. The molecule has 1 fully saturated rings. The van der Waals surface area contributed by atoms with Crippen LogP contribution in [0, 0.1) is 10.1 Å². The Morgan fingerprint density at radius 2 is 2.50 bits per heavy atom. The highest BCUT2D eigenvalue weighted by Gasteiger charge is 2.24.